The molecule has 1 aromatic carbocycles. The van der Waals surface area contributed by atoms with Crippen LogP contribution in [0.1, 0.15) is 13.8 Å². The molecule has 25 heavy (non-hydrogen) atoms. The predicted molar refractivity (Wildman–Crippen MR) is 96.8 cm³/mol. The van der Waals surface area contributed by atoms with E-state index in [0.29, 0.717) is 31.1 Å². The smallest absolute Gasteiger partial charge is 0.272 e. The molecule has 2 rings (SSSR count). The van der Waals surface area contributed by atoms with Crippen molar-refractivity contribution in [1.29, 1.82) is 0 Å². The van der Waals surface area contributed by atoms with Crippen molar-refractivity contribution in [2.75, 3.05) is 29.3 Å². The average molecular weight is 363 g/mol. The molecule has 0 aliphatic rings. The van der Waals surface area contributed by atoms with Crippen molar-refractivity contribution in [1.82, 2.24) is 5.32 Å². The Balaban J connectivity index is 2.10. The lowest BCUT2D eigenvalue weighted by molar-refractivity contribution is -0.364. The molecule has 0 atom stereocenters. The quantitative estimate of drug-likeness (QED) is 0.691. The number of carbonyl (C=O) groups is 1. The fourth-order valence-corrected chi connectivity index (χ4v) is 3.77. The summed E-state index contributed by atoms with van der Waals surface area (Å²) in [7, 11) is -3.64. The maximum atomic E-state index is 12.8. The molecule has 0 spiro atoms. The fraction of sp³-hybridized carbons (Fsp3) is 0.294. The van der Waals surface area contributed by atoms with Crippen LogP contribution < -0.4 is 19.9 Å². The number of pyridine rings is 1. The molecular formula is C17H23N4O3S+. The molecule has 134 valence electrons. The monoisotopic (exact) mass is 363 g/mol. The van der Waals surface area contributed by atoms with Gasteiger partial charge in [0.15, 0.2) is 0 Å². The van der Waals surface area contributed by atoms with Gasteiger partial charge in [-0.05, 0) is 25.1 Å². The summed E-state index contributed by atoms with van der Waals surface area (Å²) >= 11 is 0. The molecule has 0 saturated carbocycles. The number of hydrogen-bond donors (Lipinski definition) is 2. The summed E-state index contributed by atoms with van der Waals surface area (Å²) in [6, 6.07) is 12.2. The highest BCUT2D eigenvalue weighted by molar-refractivity contribution is 7.92. The fourth-order valence-electron chi connectivity index (χ4n) is 2.33. The molecule has 3 N–H and O–H groups in total. The van der Waals surface area contributed by atoms with Crippen LogP contribution in [0.25, 0.3) is 0 Å². The van der Waals surface area contributed by atoms with Crippen LogP contribution in [0.15, 0.2) is 53.6 Å². The molecule has 0 radical (unpaired) electrons. The first kappa shape index (κ1) is 18.7. The molecule has 1 heterocycles. The largest absolute Gasteiger partial charge is 0.352 e. The second-order valence-corrected chi connectivity index (χ2v) is 7.22. The number of carbonyl (C=O) groups excluding carboxylic acids is 1. The molecule has 1 aromatic heterocycles. The van der Waals surface area contributed by atoms with Crippen molar-refractivity contribution in [3.63, 3.8) is 0 Å². The lowest BCUT2D eigenvalue weighted by atomic mass is 10.3. The van der Waals surface area contributed by atoms with Gasteiger partial charge in [-0.2, -0.15) is 0 Å². The zero-order valence-corrected chi connectivity index (χ0v) is 15.1. The Morgan fingerprint density at radius 3 is 2.40 bits per heavy atom. The Bertz CT molecular complexity index is 792. The van der Waals surface area contributed by atoms with E-state index in [1.54, 1.807) is 31.2 Å². The molecular weight excluding hydrogens is 340 g/mol. The number of rotatable bonds is 8. The number of nitrogens with zero attached hydrogens (tertiary/aromatic N) is 1. The third kappa shape index (κ3) is 4.93. The Morgan fingerprint density at radius 2 is 1.84 bits per heavy atom. The molecule has 2 aromatic rings. The van der Waals surface area contributed by atoms with Gasteiger partial charge in [-0.15, -0.1) is 0 Å². The van der Waals surface area contributed by atoms with Crippen molar-refractivity contribution >= 4 is 27.4 Å². The molecule has 0 aliphatic carbocycles. The van der Waals surface area contributed by atoms with E-state index in [1.165, 1.54) is 17.4 Å². The van der Waals surface area contributed by atoms with Gasteiger partial charge in [-0.1, -0.05) is 18.2 Å². The van der Waals surface area contributed by atoms with Crippen molar-refractivity contribution in [2.24, 2.45) is 0 Å². The van der Waals surface area contributed by atoms with Gasteiger partial charge in [0.2, 0.25) is 5.91 Å². The maximum Gasteiger partial charge on any atom is 0.272 e. The van der Waals surface area contributed by atoms with E-state index in [0.717, 1.165) is 0 Å². The topological polar surface area (TPSA) is 92.7 Å². The number of benzene rings is 1. The summed E-state index contributed by atoms with van der Waals surface area (Å²) in [6.45, 7) is 4.61. The third-order valence-corrected chi connectivity index (χ3v) is 5.42. The van der Waals surface area contributed by atoms with Crippen LogP contribution in [0.4, 0.5) is 11.5 Å². The predicted octanol–water partition coefficient (Wildman–Crippen LogP) is 1.26. The van der Waals surface area contributed by atoms with Gasteiger partial charge in [0.1, 0.15) is 17.6 Å². The van der Waals surface area contributed by atoms with Gasteiger partial charge in [-0.3, -0.25) is 14.4 Å². The minimum absolute atomic E-state index is 0.0900. The summed E-state index contributed by atoms with van der Waals surface area (Å²) in [6.07, 6.45) is 1.46. The number of aromatic amines is 1. The first-order chi connectivity index (χ1) is 11.9. The average Bonchev–Trinajstić information content (AvgIpc) is 2.60. The summed E-state index contributed by atoms with van der Waals surface area (Å²) in [5.74, 6) is 0.583. The number of sulfonamides is 1. The molecule has 0 saturated heterocycles. The van der Waals surface area contributed by atoms with Crippen LogP contribution in [0.3, 0.4) is 0 Å². The first-order valence-corrected chi connectivity index (χ1v) is 9.47. The highest BCUT2D eigenvalue weighted by Gasteiger charge is 2.24. The van der Waals surface area contributed by atoms with E-state index < -0.39 is 10.0 Å². The summed E-state index contributed by atoms with van der Waals surface area (Å²) in [5.41, 5.74) is 0.627. The van der Waals surface area contributed by atoms with Crippen LogP contribution in [0, 0.1) is 0 Å². The van der Waals surface area contributed by atoms with E-state index in [1.807, 2.05) is 18.2 Å². The van der Waals surface area contributed by atoms with Crippen LogP contribution in [0.5, 0.6) is 0 Å². The summed E-state index contributed by atoms with van der Waals surface area (Å²) < 4.78 is 27.1. The number of anilines is 2. The SMILES string of the molecule is CCN(c1ccccc1)S(=O)(=O)c1ccc(NCCNC(C)=O)[nH+]c1. The Hall–Kier alpha value is -2.61. The molecule has 0 fully saturated rings. The van der Waals surface area contributed by atoms with Gasteiger partial charge >= 0.3 is 0 Å². The van der Waals surface area contributed by atoms with Crippen molar-refractivity contribution in [2.45, 2.75) is 18.7 Å². The summed E-state index contributed by atoms with van der Waals surface area (Å²) in [5, 5.41) is 5.75. The molecule has 7 nitrogen and oxygen atoms in total. The number of H-pyrrole nitrogens is 1. The van der Waals surface area contributed by atoms with Crippen LogP contribution in [-0.4, -0.2) is 34.0 Å². The van der Waals surface area contributed by atoms with Gasteiger partial charge in [0.05, 0.1) is 12.2 Å². The zero-order valence-electron chi connectivity index (χ0n) is 14.3. The number of amides is 1. The van der Waals surface area contributed by atoms with Crippen molar-refractivity contribution in [3.05, 3.63) is 48.7 Å². The van der Waals surface area contributed by atoms with E-state index >= 15 is 0 Å². The third-order valence-electron chi connectivity index (χ3n) is 3.52. The number of hydrogen-bond acceptors (Lipinski definition) is 4. The summed E-state index contributed by atoms with van der Waals surface area (Å²) in [4.78, 5) is 13.9. The Kier molecular flexibility index (Phi) is 6.35. The van der Waals surface area contributed by atoms with Gasteiger partial charge in [0.25, 0.3) is 15.8 Å². The van der Waals surface area contributed by atoms with Crippen molar-refractivity contribution < 1.29 is 18.2 Å². The standard InChI is InChI=1S/C17H22N4O3S/c1-3-21(15-7-5-4-6-8-15)25(23,24)16-9-10-17(20-13-16)19-12-11-18-14(2)22/h4-10,13H,3,11-12H2,1-2H3,(H,18,22)(H,19,20)/p+1. The van der Waals surface area contributed by atoms with E-state index in [4.69, 9.17) is 0 Å². The highest BCUT2D eigenvalue weighted by atomic mass is 32.2. The second kappa shape index (κ2) is 8.48. The van der Waals surface area contributed by atoms with Crippen LogP contribution in [-0.2, 0) is 14.8 Å². The number of aromatic nitrogens is 1. The van der Waals surface area contributed by atoms with Crippen molar-refractivity contribution in [3.8, 4) is 0 Å². The first-order valence-electron chi connectivity index (χ1n) is 8.03. The van der Waals surface area contributed by atoms with E-state index in [2.05, 4.69) is 15.6 Å². The second-order valence-electron chi connectivity index (χ2n) is 5.35. The maximum absolute atomic E-state index is 12.8. The van der Waals surface area contributed by atoms with E-state index in [-0.39, 0.29) is 10.8 Å². The Labute approximate surface area is 148 Å². The van der Waals surface area contributed by atoms with Crippen LogP contribution in [0.2, 0.25) is 0 Å². The molecule has 1 amide bonds. The molecule has 8 heteroatoms. The molecule has 0 unspecified atom stereocenters. The Morgan fingerprint density at radius 1 is 1.12 bits per heavy atom. The van der Waals surface area contributed by atoms with Gasteiger partial charge in [-0.25, -0.2) is 13.4 Å². The lowest BCUT2D eigenvalue weighted by Crippen LogP contribution is -2.32. The van der Waals surface area contributed by atoms with Gasteiger partial charge in [0, 0.05) is 19.5 Å². The van der Waals surface area contributed by atoms with E-state index in [9.17, 15) is 13.2 Å². The number of para-hydroxylation sites is 1. The lowest BCUT2D eigenvalue weighted by Gasteiger charge is -2.22. The van der Waals surface area contributed by atoms with Crippen LogP contribution >= 0.6 is 0 Å². The normalized spacial score (nSPS) is 11.0. The highest BCUT2D eigenvalue weighted by Crippen LogP contribution is 2.22. The minimum Gasteiger partial charge on any atom is -0.352 e. The zero-order chi connectivity index (χ0) is 18.3. The number of nitrogens with one attached hydrogen (secondary N) is 3. The van der Waals surface area contributed by atoms with Gasteiger partial charge < -0.3 is 5.32 Å². The molecule has 0 bridgehead atoms. The minimum atomic E-state index is -3.64. The molecule has 0 aliphatic heterocycles.